The second-order valence-electron chi connectivity index (χ2n) is 5.13. The molecule has 0 bridgehead atoms. The zero-order valence-electron chi connectivity index (χ0n) is 12.9. The number of fused-ring (bicyclic) bond motifs is 1. The number of H-pyrrole nitrogens is 1. The fraction of sp³-hybridized carbons (Fsp3) is 0. The largest absolute Gasteiger partial charge is 0.493 e. The Morgan fingerprint density at radius 3 is 2.40 bits per heavy atom. The van der Waals surface area contributed by atoms with Crippen molar-refractivity contribution in [3.05, 3.63) is 71.9 Å². The summed E-state index contributed by atoms with van der Waals surface area (Å²) < 4.78 is 0. The topological polar surface area (TPSA) is 115 Å². The highest BCUT2D eigenvalue weighted by atomic mass is 16.4. The average molecular weight is 335 g/mol. The summed E-state index contributed by atoms with van der Waals surface area (Å²) >= 11 is 0. The van der Waals surface area contributed by atoms with Gasteiger partial charge in [-0.1, -0.05) is 48.5 Å². The maximum Gasteiger partial charge on any atom is 0.356 e. The normalized spacial score (nSPS) is 11.9. The van der Waals surface area contributed by atoms with E-state index in [4.69, 9.17) is 0 Å². The van der Waals surface area contributed by atoms with Gasteiger partial charge in [-0.05, 0) is 6.07 Å². The number of allylic oxidation sites excluding steroid dienone is 1. The molecule has 3 aromatic rings. The quantitative estimate of drug-likeness (QED) is 0.373. The molecule has 25 heavy (non-hydrogen) atoms. The van der Waals surface area contributed by atoms with Gasteiger partial charge in [-0.25, -0.2) is 4.79 Å². The zero-order valence-corrected chi connectivity index (χ0v) is 12.9. The number of nitrogens with one attached hydrogen (secondary N) is 1. The summed E-state index contributed by atoms with van der Waals surface area (Å²) in [7, 11) is 0. The number of aromatic hydroxyl groups is 1. The number of aromatic nitrogens is 1. The highest BCUT2D eigenvalue weighted by Gasteiger charge is 2.13. The Balaban J connectivity index is 1.95. The first-order valence-corrected chi connectivity index (χ1v) is 7.32. The van der Waals surface area contributed by atoms with Crippen molar-refractivity contribution in [1.29, 1.82) is 0 Å². The third-order valence-corrected chi connectivity index (χ3v) is 3.46. The molecule has 124 valence electrons. The Labute approximate surface area is 142 Å². The summed E-state index contributed by atoms with van der Waals surface area (Å²) in [5.74, 6) is -2.13. The number of carbonyl (C=O) groups is 2. The van der Waals surface area contributed by atoms with Crippen molar-refractivity contribution in [2.75, 3.05) is 0 Å². The number of hydrogen-bond donors (Lipinski definition) is 3. The van der Waals surface area contributed by atoms with E-state index in [0.29, 0.717) is 16.5 Å². The van der Waals surface area contributed by atoms with Crippen LogP contribution in [0.15, 0.2) is 76.6 Å². The second-order valence-corrected chi connectivity index (χ2v) is 5.13. The fourth-order valence-electron chi connectivity index (χ4n) is 2.26. The Morgan fingerprint density at radius 2 is 1.68 bits per heavy atom. The van der Waals surface area contributed by atoms with E-state index in [0.717, 1.165) is 6.08 Å². The van der Waals surface area contributed by atoms with E-state index in [1.807, 2.05) is 0 Å². The predicted molar refractivity (Wildman–Crippen MR) is 91.0 cm³/mol. The summed E-state index contributed by atoms with van der Waals surface area (Å²) in [6, 6.07) is 15.2. The van der Waals surface area contributed by atoms with Gasteiger partial charge in [-0.15, -0.1) is 10.2 Å². The van der Waals surface area contributed by atoms with Gasteiger partial charge in [0.2, 0.25) is 5.88 Å². The summed E-state index contributed by atoms with van der Waals surface area (Å²) in [6.07, 6.45) is 0.896. The SMILES string of the molecule is O=C(O)/C(=C/C(=O)c1ccccc1)N=Nc1c(O)[nH]c2ccccc12. The number of carboxylic acid groups (broad SMARTS) is 1. The average Bonchev–Trinajstić information content (AvgIpc) is 2.94. The third kappa shape index (κ3) is 3.45. The van der Waals surface area contributed by atoms with Crippen LogP contribution in [0.4, 0.5) is 5.69 Å². The number of aliphatic carboxylic acids is 1. The first-order chi connectivity index (χ1) is 12.1. The fourth-order valence-corrected chi connectivity index (χ4v) is 2.26. The van der Waals surface area contributed by atoms with E-state index >= 15 is 0 Å². The van der Waals surface area contributed by atoms with E-state index in [-0.39, 0.29) is 11.6 Å². The number of carbonyl (C=O) groups excluding carboxylic acids is 1. The number of ketones is 1. The van der Waals surface area contributed by atoms with Crippen LogP contribution in [0.25, 0.3) is 10.9 Å². The first-order valence-electron chi connectivity index (χ1n) is 7.32. The van der Waals surface area contributed by atoms with Crippen molar-refractivity contribution in [2.24, 2.45) is 10.2 Å². The Hall–Kier alpha value is -3.74. The molecule has 0 spiro atoms. The molecular formula is C18H13N3O4. The molecule has 0 unspecified atom stereocenters. The Kier molecular flexibility index (Phi) is 4.38. The van der Waals surface area contributed by atoms with Crippen LogP contribution >= 0.6 is 0 Å². The van der Waals surface area contributed by atoms with Gasteiger partial charge in [-0.3, -0.25) is 4.79 Å². The zero-order chi connectivity index (χ0) is 17.8. The van der Waals surface area contributed by atoms with E-state index in [9.17, 15) is 19.8 Å². The minimum absolute atomic E-state index is 0.106. The van der Waals surface area contributed by atoms with Crippen LogP contribution < -0.4 is 0 Å². The predicted octanol–water partition coefficient (Wildman–Crippen LogP) is 3.81. The third-order valence-electron chi connectivity index (χ3n) is 3.46. The number of rotatable bonds is 5. The lowest BCUT2D eigenvalue weighted by atomic mass is 10.1. The van der Waals surface area contributed by atoms with E-state index in [1.54, 1.807) is 54.6 Å². The van der Waals surface area contributed by atoms with Crippen molar-refractivity contribution in [3.8, 4) is 5.88 Å². The van der Waals surface area contributed by atoms with Crippen LogP contribution in [0.1, 0.15) is 10.4 Å². The molecule has 0 saturated heterocycles. The summed E-state index contributed by atoms with van der Waals surface area (Å²) in [6.45, 7) is 0. The smallest absolute Gasteiger partial charge is 0.356 e. The monoisotopic (exact) mass is 335 g/mol. The standard InChI is InChI=1S/C18H13N3O4/c22-15(11-6-2-1-3-7-11)10-14(18(24)25)20-21-16-12-8-4-5-9-13(12)19-17(16)23/h1-10,19,23H,(H,24,25)/b14-10-,21-20?. The highest BCUT2D eigenvalue weighted by molar-refractivity contribution is 6.08. The number of benzene rings is 2. The Morgan fingerprint density at radius 1 is 1.00 bits per heavy atom. The van der Waals surface area contributed by atoms with E-state index in [2.05, 4.69) is 15.2 Å². The lowest BCUT2D eigenvalue weighted by Crippen LogP contribution is -2.02. The van der Waals surface area contributed by atoms with Crippen molar-refractivity contribution in [3.63, 3.8) is 0 Å². The molecule has 1 aromatic heterocycles. The molecule has 3 rings (SSSR count). The molecule has 1 heterocycles. The lowest BCUT2D eigenvalue weighted by molar-refractivity contribution is -0.132. The van der Waals surface area contributed by atoms with Crippen molar-refractivity contribution >= 4 is 28.3 Å². The summed E-state index contributed by atoms with van der Waals surface area (Å²) in [4.78, 5) is 26.1. The van der Waals surface area contributed by atoms with Gasteiger partial charge in [0, 0.05) is 17.0 Å². The maximum absolute atomic E-state index is 12.1. The van der Waals surface area contributed by atoms with Gasteiger partial charge >= 0.3 is 5.97 Å². The molecule has 0 radical (unpaired) electrons. The minimum Gasteiger partial charge on any atom is -0.493 e. The molecule has 0 saturated carbocycles. The van der Waals surface area contributed by atoms with Crippen LogP contribution in [0, 0.1) is 0 Å². The van der Waals surface area contributed by atoms with Crippen LogP contribution in [0.3, 0.4) is 0 Å². The van der Waals surface area contributed by atoms with Crippen LogP contribution in [0.2, 0.25) is 0 Å². The molecule has 0 aliphatic carbocycles. The number of para-hydroxylation sites is 1. The molecule has 7 nitrogen and oxygen atoms in total. The van der Waals surface area contributed by atoms with Crippen LogP contribution in [-0.4, -0.2) is 26.9 Å². The van der Waals surface area contributed by atoms with Gasteiger partial charge in [0.25, 0.3) is 0 Å². The van der Waals surface area contributed by atoms with Gasteiger partial charge in [0.05, 0.1) is 5.52 Å². The van der Waals surface area contributed by atoms with Crippen LogP contribution in [-0.2, 0) is 4.79 Å². The van der Waals surface area contributed by atoms with Gasteiger partial charge < -0.3 is 15.2 Å². The van der Waals surface area contributed by atoms with Crippen molar-refractivity contribution in [2.45, 2.75) is 0 Å². The highest BCUT2D eigenvalue weighted by Crippen LogP contribution is 2.35. The first kappa shape index (κ1) is 16.1. The van der Waals surface area contributed by atoms with E-state index in [1.165, 1.54) is 0 Å². The molecule has 2 aromatic carbocycles. The van der Waals surface area contributed by atoms with E-state index < -0.39 is 17.4 Å². The molecule has 3 N–H and O–H groups in total. The number of carboxylic acids is 1. The minimum atomic E-state index is -1.40. The summed E-state index contributed by atoms with van der Waals surface area (Å²) in [5.41, 5.74) is 0.551. The van der Waals surface area contributed by atoms with Crippen molar-refractivity contribution < 1.29 is 19.8 Å². The molecule has 0 amide bonds. The summed E-state index contributed by atoms with van der Waals surface area (Å²) in [5, 5.41) is 27.2. The van der Waals surface area contributed by atoms with Gasteiger partial charge in [0.1, 0.15) is 0 Å². The molecule has 0 aliphatic rings. The molecule has 7 heteroatoms. The van der Waals surface area contributed by atoms with Gasteiger partial charge in [-0.2, -0.15) is 0 Å². The molecule has 0 fully saturated rings. The van der Waals surface area contributed by atoms with Crippen LogP contribution in [0.5, 0.6) is 5.88 Å². The lowest BCUT2D eigenvalue weighted by Gasteiger charge is -1.97. The second kappa shape index (κ2) is 6.79. The number of hydrogen-bond acceptors (Lipinski definition) is 5. The Bertz CT molecular complexity index is 1000. The molecular weight excluding hydrogens is 322 g/mol. The maximum atomic E-state index is 12.1. The molecule has 0 aliphatic heterocycles. The number of nitrogens with zero attached hydrogens (tertiary/aromatic N) is 2. The number of aromatic amines is 1. The van der Waals surface area contributed by atoms with Gasteiger partial charge in [0.15, 0.2) is 17.2 Å². The molecule has 0 atom stereocenters. The number of azo groups is 1. The van der Waals surface area contributed by atoms with Crippen molar-refractivity contribution in [1.82, 2.24) is 4.98 Å².